The monoisotopic (exact) mass is 274 g/mol. The largest absolute Gasteiger partial charge is 0.302 e. The van der Waals surface area contributed by atoms with Crippen molar-refractivity contribution in [3.8, 4) is 0 Å². The Hall–Kier alpha value is 0.0800. The van der Waals surface area contributed by atoms with Crippen molar-refractivity contribution in [1.82, 2.24) is 4.90 Å². The molecule has 0 amide bonds. The van der Waals surface area contributed by atoms with Gasteiger partial charge in [-0.15, -0.1) is 11.8 Å². The SMILES string of the molecule is CC(C)N=CSC(C)CN1CCP(C=O)CC1. The zero-order chi connectivity index (χ0) is 12.7. The summed E-state index contributed by atoms with van der Waals surface area (Å²) in [4.78, 5) is 17.5. The number of carbonyl (C=O) groups excluding carboxylic acids is 1. The average Bonchev–Trinajstić information content (AvgIpc) is 2.29. The van der Waals surface area contributed by atoms with Gasteiger partial charge >= 0.3 is 0 Å². The molecule has 0 radical (unpaired) electrons. The van der Waals surface area contributed by atoms with E-state index in [0.29, 0.717) is 11.3 Å². The molecule has 1 heterocycles. The van der Waals surface area contributed by atoms with Crippen molar-refractivity contribution in [1.29, 1.82) is 0 Å². The first kappa shape index (κ1) is 15.1. The highest BCUT2D eigenvalue weighted by Gasteiger charge is 2.19. The van der Waals surface area contributed by atoms with Crippen molar-refractivity contribution in [2.75, 3.05) is 32.0 Å². The van der Waals surface area contributed by atoms with Gasteiger partial charge in [0.25, 0.3) is 0 Å². The smallest absolute Gasteiger partial charge is 0.141 e. The molecule has 1 aliphatic rings. The molecule has 1 atom stereocenters. The molecule has 1 unspecified atom stereocenters. The van der Waals surface area contributed by atoms with E-state index in [4.69, 9.17) is 0 Å². The summed E-state index contributed by atoms with van der Waals surface area (Å²) in [7, 11) is -0.296. The fourth-order valence-electron chi connectivity index (χ4n) is 1.72. The lowest BCUT2D eigenvalue weighted by Gasteiger charge is -2.31. The number of nitrogens with zero attached hydrogens (tertiary/aromatic N) is 2. The van der Waals surface area contributed by atoms with Gasteiger partial charge < -0.3 is 4.90 Å². The molecule has 0 N–H and O–H groups in total. The second kappa shape index (κ2) is 8.23. The van der Waals surface area contributed by atoms with Gasteiger partial charge in [-0.2, -0.15) is 0 Å². The third-order valence-corrected chi connectivity index (χ3v) is 5.43. The Labute approximate surface area is 110 Å². The maximum Gasteiger partial charge on any atom is 0.141 e. The van der Waals surface area contributed by atoms with E-state index in [1.807, 2.05) is 17.3 Å². The van der Waals surface area contributed by atoms with E-state index in [9.17, 15) is 4.79 Å². The quantitative estimate of drug-likeness (QED) is 0.323. The van der Waals surface area contributed by atoms with Crippen LogP contribution in [-0.4, -0.2) is 59.7 Å². The first-order valence-electron chi connectivity index (χ1n) is 6.20. The first-order chi connectivity index (χ1) is 8.11. The number of hydrogen-bond acceptors (Lipinski definition) is 4. The molecule has 3 nitrogen and oxygen atoms in total. The van der Waals surface area contributed by atoms with Gasteiger partial charge in [-0.3, -0.25) is 9.79 Å². The molecule has 0 bridgehead atoms. The molecule has 0 saturated carbocycles. The summed E-state index contributed by atoms with van der Waals surface area (Å²) in [5.74, 6) is 0. The minimum absolute atomic E-state index is 0.296. The van der Waals surface area contributed by atoms with Crippen molar-refractivity contribution >= 4 is 31.3 Å². The summed E-state index contributed by atoms with van der Waals surface area (Å²) in [5.41, 5.74) is 1.98. The Balaban J connectivity index is 2.18. The minimum Gasteiger partial charge on any atom is -0.302 e. The summed E-state index contributed by atoms with van der Waals surface area (Å²) in [6.45, 7) is 9.72. The highest BCUT2D eigenvalue weighted by Crippen LogP contribution is 2.34. The van der Waals surface area contributed by atoms with Crippen LogP contribution in [0.5, 0.6) is 0 Å². The molecule has 0 aromatic carbocycles. The second-order valence-corrected chi connectivity index (χ2v) is 8.31. The standard InChI is InChI=1S/C12H23N2OPS/c1-11(2)13-9-17-12(3)8-14-4-6-16(10-15)7-5-14/h9-12H,4-8H2,1-3H3. The highest BCUT2D eigenvalue weighted by molar-refractivity contribution is 8.12. The number of thioether (sulfide) groups is 1. The molecular weight excluding hydrogens is 251 g/mol. The Morgan fingerprint density at radius 1 is 1.35 bits per heavy atom. The van der Waals surface area contributed by atoms with Crippen LogP contribution in [0.2, 0.25) is 0 Å². The van der Waals surface area contributed by atoms with Crippen molar-refractivity contribution in [2.24, 2.45) is 4.99 Å². The van der Waals surface area contributed by atoms with Crippen LogP contribution >= 0.6 is 19.7 Å². The van der Waals surface area contributed by atoms with Crippen LogP contribution in [0.25, 0.3) is 0 Å². The van der Waals surface area contributed by atoms with Crippen LogP contribution < -0.4 is 0 Å². The van der Waals surface area contributed by atoms with E-state index in [0.717, 1.165) is 32.0 Å². The molecule has 17 heavy (non-hydrogen) atoms. The fraction of sp³-hybridized carbons (Fsp3) is 0.833. The van der Waals surface area contributed by atoms with Crippen LogP contribution in [0.15, 0.2) is 4.99 Å². The highest BCUT2D eigenvalue weighted by atomic mass is 32.2. The van der Waals surface area contributed by atoms with Crippen LogP contribution in [-0.2, 0) is 4.79 Å². The van der Waals surface area contributed by atoms with Gasteiger partial charge in [0.15, 0.2) is 0 Å². The maximum atomic E-state index is 10.7. The van der Waals surface area contributed by atoms with Crippen LogP contribution in [0.1, 0.15) is 20.8 Å². The van der Waals surface area contributed by atoms with Gasteiger partial charge in [-0.25, -0.2) is 0 Å². The van der Waals surface area contributed by atoms with Crippen LogP contribution in [0.4, 0.5) is 0 Å². The summed E-state index contributed by atoms with van der Waals surface area (Å²) in [6.07, 6.45) is 2.19. The van der Waals surface area contributed by atoms with E-state index in [-0.39, 0.29) is 7.92 Å². The molecule has 0 aliphatic carbocycles. The van der Waals surface area contributed by atoms with Crippen molar-refractivity contribution in [3.63, 3.8) is 0 Å². The molecular formula is C12H23N2OPS. The second-order valence-electron chi connectivity index (χ2n) is 4.74. The maximum absolute atomic E-state index is 10.7. The van der Waals surface area contributed by atoms with Gasteiger partial charge in [-0.1, -0.05) is 6.92 Å². The van der Waals surface area contributed by atoms with Gasteiger partial charge in [0.05, 0.1) is 5.55 Å². The predicted molar refractivity (Wildman–Crippen MR) is 80.5 cm³/mol. The molecule has 0 aromatic rings. The normalized spacial score (nSPS) is 21.2. The molecule has 1 saturated heterocycles. The predicted octanol–water partition coefficient (Wildman–Crippen LogP) is 2.53. The Kier molecular flexibility index (Phi) is 7.33. The van der Waals surface area contributed by atoms with Gasteiger partial charge in [0, 0.05) is 30.9 Å². The summed E-state index contributed by atoms with van der Waals surface area (Å²) < 4.78 is 0. The summed E-state index contributed by atoms with van der Waals surface area (Å²) >= 11 is 1.81. The molecule has 5 heteroatoms. The molecule has 98 valence electrons. The number of aliphatic imine (C=N–C) groups is 1. The van der Waals surface area contributed by atoms with Crippen molar-refractivity contribution < 1.29 is 4.79 Å². The summed E-state index contributed by atoms with van der Waals surface area (Å²) in [5, 5.41) is 0.582. The molecule has 1 rings (SSSR count). The lowest BCUT2D eigenvalue weighted by atomic mass is 10.4. The lowest BCUT2D eigenvalue weighted by molar-refractivity contribution is 0.305. The zero-order valence-corrected chi connectivity index (χ0v) is 12.7. The van der Waals surface area contributed by atoms with E-state index in [2.05, 4.69) is 30.7 Å². The third-order valence-electron chi connectivity index (χ3n) is 2.72. The lowest BCUT2D eigenvalue weighted by Crippen LogP contribution is -2.37. The minimum atomic E-state index is -0.296. The van der Waals surface area contributed by atoms with Gasteiger partial charge in [-0.05, 0) is 34.1 Å². The first-order valence-corrected chi connectivity index (χ1v) is 8.93. The van der Waals surface area contributed by atoms with Crippen molar-refractivity contribution in [2.45, 2.75) is 32.1 Å². The molecule has 0 spiro atoms. The molecule has 0 aromatic heterocycles. The zero-order valence-electron chi connectivity index (χ0n) is 11.0. The number of carbonyl (C=O) groups is 1. The third kappa shape index (κ3) is 6.54. The fourth-order valence-corrected chi connectivity index (χ4v) is 4.05. The number of rotatable bonds is 6. The molecule has 1 fully saturated rings. The Morgan fingerprint density at radius 2 is 2.00 bits per heavy atom. The average molecular weight is 274 g/mol. The van der Waals surface area contributed by atoms with E-state index >= 15 is 0 Å². The van der Waals surface area contributed by atoms with Gasteiger partial charge in [0.1, 0.15) is 6.03 Å². The van der Waals surface area contributed by atoms with E-state index < -0.39 is 0 Å². The van der Waals surface area contributed by atoms with Crippen LogP contribution in [0, 0.1) is 0 Å². The Bertz CT molecular complexity index is 253. The van der Waals surface area contributed by atoms with Crippen molar-refractivity contribution in [3.05, 3.63) is 0 Å². The van der Waals surface area contributed by atoms with Crippen LogP contribution in [0.3, 0.4) is 0 Å². The van der Waals surface area contributed by atoms with Gasteiger partial charge in [0.2, 0.25) is 0 Å². The summed E-state index contributed by atoms with van der Waals surface area (Å²) in [6, 6.07) is 1.57. The number of hydrogen-bond donors (Lipinski definition) is 0. The molecule has 1 aliphatic heterocycles. The van der Waals surface area contributed by atoms with E-state index in [1.165, 1.54) is 6.03 Å². The Morgan fingerprint density at radius 3 is 2.53 bits per heavy atom. The topological polar surface area (TPSA) is 32.7 Å². The van der Waals surface area contributed by atoms with E-state index in [1.54, 1.807) is 0 Å².